The molecule has 31 heavy (non-hydrogen) atoms. The lowest BCUT2D eigenvalue weighted by Gasteiger charge is -2.59. The molecule has 3 aliphatic rings. The third kappa shape index (κ3) is 3.37. The number of aromatic nitrogens is 4. The van der Waals surface area contributed by atoms with E-state index in [-0.39, 0.29) is 37.6 Å². The van der Waals surface area contributed by atoms with Crippen molar-refractivity contribution in [2.45, 2.75) is 51.2 Å². The maximum absolute atomic E-state index is 14.1. The van der Waals surface area contributed by atoms with E-state index in [1.807, 2.05) is 11.0 Å². The van der Waals surface area contributed by atoms with E-state index in [4.69, 9.17) is 15.5 Å². The van der Waals surface area contributed by atoms with Crippen molar-refractivity contribution in [3.63, 3.8) is 0 Å². The molecule has 2 saturated heterocycles. The third-order valence-corrected chi connectivity index (χ3v) is 6.89. The van der Waals surface area contributed by atoms with Crippen LogP contribution in [0.4, 0.5) is 26.5 Å². The van der Waals surface area contributed by atoms with Crippen LogP contribution in [0.2, 0.25) is 0 Å². The van der Waals surface area contributed by atoms with Crippen LogP contribution < -0.4 is 15.5 Å². The molecule has 10 heteroatoms. The SMILES string of the molecule is CC[C@H]1CN(c2cc(-c3cnc(N)nc3)nc(N3CC4(CCC4(F)F)C3)n2)[C@@H](C)CO1. The molecule has 2 N–H and O–H groups in total. The van der Waals surface area contributed by atoms with Gasteiger partial charge in [0, 0.05) is 50.1 Å². The number of nitrogens with zero attached hydrogens (tertiary/aromatic N) is 6. The topological polar surface area (TPSA) is 93.3 Å². The quantitative estimate of drug-likeness (QED) is 0.790. The molecular weight excluding hydrogens is 404 g/mol. The second kappa shape index (κ2) is 7.22. The highest BCUT2D eigenvalue weighted by molar-refractivity contribution is 5.65. The number of morpholine rings is 1. The maximum atomic E-state index is 14.1. The lowest BCUT2D eigenvalue weighted by atomic mass is 9.60. The first-order valence-electron chi connectivity index (χ1n) is 10.8. The predicted molar refractivity (Wildman–Crippen MR) is 113 cm³/mol. The van der Waals surface area contributed by atoms with Gasteiger partial charge in [-0.25, -0.2) is 23.7 Å². The van der Waals surface area contributed by atoms with Crippen molar-refractivity contribution in [2.75, 3.05) is 41.8 Å². The van der Waals surface area contributed by atoms with E-state index in [1.165, 1.54) is 0 Å². The summed E-state index contributed by atoms with van der Waals surface area (Å²) in [6.07, 6.45) is 4.79. The molecule has 2 aliphatic heterocycles. The largest absolute Gasteiger partial charge is 0.374 e. The molecule has 1 saturated carbocycles. The van der Waals surface area contributed by atoms with Gasteiger partial charge in [-0.2, -0.15) is 4.98 Å². The molecule has 1 aliphatic carbocycles. The predicted octanol–water partition coefficient (Wildman–Crippen LogP) is 2.76. The fraction of sp³-hybridized carbons (Fsp3) is 0.619. The summed E-state index contributed by atoms with van der Waals surface area (Å²) in [4.78, 5) is 21.7. The Balaban J connectivity index is 1.49. The van der Waals surface area contributed by atoms with Gasteiger partial charge < -0.3 is 20.3 Å². The Hall–Kier alpha value is -2.62. The van der Waals surface area contributed by atoms with E-state index in [0.29, 0.717) is 36.8 Å². The lowest BCUT2D eigenvalue weighted by molar-refractivity contribution is -0.212. The molecule has 2 aromatic rings. The van der Waals surface area contributed by atoms with Crippen LogP contribution in [0.15, 0.2) is 18.5 Å². The van der Waals surface area contributed by atoms with Gasteiger partial charge in [0.15, 0.2) is 0 Å². The van der Waals surface area contributed by atoms with Crippen molar-refractivity contribution < 1.29 is 13.5 Å². The molecule has 2 aromatic heterocycles. The zero-order valence-electron chi connectivity index (χ0n) is 17.8. The van der Waals surface area contributed by atoms with Crippen molar-refractivity contribution in [1.82, 2.24) is 19.9 Å². The zero-order valence-corrected chi connectivity index (χ0v) is 17.8. The number of nitrogens with two attached hydrogens (primary N) is 1. The van der Waals surface area contributed by atoms with Crippen molar-refractivity contribution >= 4 is 17.7 Å². The van der Waals surface area contributed by atoms with Crippen LogP contribution in [0.25, 0.3) is 11.3 Å². The van der Waals surface area contributed by atoms with Gasteiger partial charge in [0.25, 0.3) is 5.92 Å². The van der Waals surface area contributed by atoms with Gasteiger partial charge in [-0.15, -0.1) is 0 Å². The van der Waals surface area contributed by atoms with Gasteiger partial charge in [0.2, 0.25) is 11.9 Å². The summed E-state index contributed by atoms with van der Waals surface area (Å²) in [6, 6.07) is 2.04. The molecule has 0 bridgehead atoms. The van der Waals surface area contributed by atoms with E-state index in [9.17, 15) is 8.78 Å². The van der Waals surface area contributed by atoms with Crippen molar-refractivity contribution in [3.8, 4) is 11.3 Å². The Kier molecular flexibility index (Phi) is 4.72. The van der Waals surface area contributed by atoms with Crippen LogP contribution in [-0.2, 0) is 4.74 Å². The summed E-state index contributed by atoms with van der Waals surface area (Å²) in [7, 11) is 0. The summed E-state index contributed by atoms with van der Waals surface area (Å²) in [5, 5.41) is 0. The highest BCUT2D eigenvalue weighted by Crippen LogP contribution is 2.59. The molecule has 0 unspecified atom stereocenters. The van der Waals surface area contributed by atoms with Crippen LogP contribution >= 0.6 is 0 Å². The molecule has 4 heterocycles. The number of anilines is 3. The second-order valence-electron chi connectivity index (χ2n) is 8.95. The number of alkyl halides is 2. The number of halogens is 2. The highest BCUT2D eigenvalue weighted by atomic mass is 19.3. The number of hydrogen-bond donors (Lipinski definition) is 1. The first-order valence-corrected chi connectivity index (χ1v) is 10.8. The molecular formula is C21H27F2N7O. The maximum Gasteiger partial charge on any atom is 0.257 e. The van der Waals surface area contributed by atoms with Crippen LogP contribution in [-0.4, -0.2) is 64.2 Å². The van der Waals surface area contributed by atoms with Gasteiger partial charge in [-0.1, -0.05) is 6.92 Å². The molecule has 0 radical (unpaired) electrons. The number of rotatable bonds is 4. The normalized spacial score (nSPS) is 26.5. The number of hydrogen-bond acceptors (Lipinski definition) is 8. The van der Waals surface area contributed by atoms with Crippen LogP contribution in [0, 0.1) is 5.41 Å². The smallest absolute Gasteiger partial charge is 0.257 e. The van der Waals surface area contributed by atoms with Crippen molar-refractivity contribution in [1.29, 1.82) is 0 Å². The van der Waals surface area contributed by atoms with Crippen molar-refractivity contribution in [2.24, 2.45) is 5.41 Å². The van der Waals surface area contributed by atoms with E-state index >= 15 is 0 Å². The Labute approximate surface area is 179 Å². The van der Waals surface area contributed by atoms with E-state index in [2.05, 4.69) is 33.7 Å². The van der Waals surface area contributed by atoms with E-state index < -0.39 is 11.3 Å². The molecule has 3 fully saturated rings. The first-order chi connectivity index (χ1) is 14.8. The average Bonchev–Trinajstić information content (AvgIpc) is 2.73. The van der Waals surface area contributed by atoms with E-state index in [1.54, 1.807) is 12.4 Å². The lowest BCUT2D eigenvalue weighted by Crippen LogP contribution is -2.70. The standard InChI is InChI=1S/C21H27F2N7O/c1-3-15-9-30(13(2)10-31-15)17-6-16(14-7-25-18(24)26-8-14)27-19(28-17)29-11-20(12-29)4-5-21(20,22)23/h6-8,13,15H,3-5,9-12H2,1-2H3,(H2,24,25,26)/t13-,15-/m0/s1. The minimum Gasteiger partial charge on any atom is -0.374 e. The Morgan fingerprint density at radius 1 is 1.19 bits per heavy atom. The summed E-state index contributed by atoms with van der Waals surface area (Å²) in [6.45, 7) is 6.06. The number of nitrogen functional groups attached to an aromatic ring is 1. The summed E-state index contributed by atoms with van der Waals surface area (Å²) in [5.41, 5.74) is 6.06. The van der Waals surface area contributed by atoms with Gasteiger partial charge in [0.05, 0.1) is 29.9 Å². The minimum atomic E-state index is -2.60. The number of ether oxygens (including phenoxy) is 1. The summed E-state index contributed by atoms with van der Waals surface area (Å²) < 4.78 is 34.1. The third-order valence-electron chi connectivity index (χ3n) is 6.89. The van der Waals surface area contributed by atoms with Gasteiger partial charge in [-0.05, 0) is 19.8 Å². The first kappa shape index (κ1) is 20.3. The van der Waals surface area contributed by atoms with Crippen LogP contribution in [0.3, 0.4) is 0 Å². The Bertz CT molecular complexity index is 965. The Morgan fingerprint density at radius 2 is 1.94 bits per heavy atom. The molecule has 2 atom stereocenters. The monoisotopic (exact) mass is 431 g/mol. The molecule has 1 spiro atoms. The molecule has 0 amide bonds. The van der Waals surface area contributed by atoms with Gasteiger partial charge in [-0.3, -0.25) is 0 Å². The molecule has 8 nitrogen and oxygen atoms in total. The fourth-order valence-electron chi connectivity index (χ4n) is 4.60. The molecule has 166 valence electrons. The van der Waals surface area contributed by atoms with Gasteiger partial charge >= 0.3 is 0 Å². The Morgan fingerprint density at radius 3 is 2.55 bits per heavy atom. The van der Waals surface area contributed by atoms with Gasteiger partial charge in [0.1, 0.15) is 5.82 Å². The molecule has 5 rings (SSSR count). The summed E-state index contributed by atoms with van der Waals surface area (Å²) >= 11 is 0. The van der Waals surface area contributed by atoms with Crippen LogP contribution in [0.1, 0.15) is 33.1 Å². The second-order valence-corrected chi connectivity index (χ2v) is 8.95. The van der Waals surface area contributed by atoms with Crippen molar-refractivity contribution in [3.05, 3.63) is 18.5 Å². The van der Waals surface area contributed by atoms with Crippen LogP contribution in [0.5, 0.6) is 0 Å². The average molecular weight is 431 g/mol. The van der Waals surface area contributed by atoms with E-state index in [0.717, 1.165) is 12.2 Å². The zero-order chi connectivity index (χ0) is 21.8. The molecule has 0 aromatic carbocycles. The fourth-order valence-corrected chi connectivity index (χ4v) is 4.60. The highest BCUT2D eigenvalue weighted by Gasteiger charge is 2.67. The summed E-state index contributed by atoms with van der Waals surface area (Å²) in [5.74, 6) is -1.19. The minimum absolute atomic E-state index is 0.0283.